The van der Waals surface area contributed by atoms with Crippen LogP contribution in [0.15, 0.2) is 0 Å². The van der Waals surface area contributed by atoms with Gasteiger partial charge in [0, 0.05) is 18.5 Å². The second-order valence-electron chi connectivity index (χ2n) is 5.40. The van der Waals surface area contributed by atoms with E-state index in [2.05, 4.69) is 36.3 Å². The molecule has 1 unspecified atom stereocenters. The third-order valence-corrected chi connectivity index (χ3v) is 3.64. The van der Waals surface area contributed by atoms with Crippen LogP contribution < -0.4 is 5.32 Å². The second-order valence-corrected chi connectivity index (χ2v) is 6.49. The van der Waals surface area contributed by atoms with Gasteiger partial charge in [-0.25, -0.2) is 0 Å². The highest BCUT2D eigenvalue weighted by Gasteiger charge is 2.21. The van der Waals surface area contributed by atoms with Crippen molar-refractivity contribution in [3.63, 3.8) is 0 Å². The number of nitrogens with one attached hydrogen (secondary N) is 1. The Hall–Kier alpha value is -0.560. The van der Waals surface area contributed by atoms with Gasteiger partial charge in [0.1, 0.15) is 16.1 Å². The van der Waals surface area contributed by atoms with Crippen molar-refractivity contribution in [3.8, 4) is 0 Å². The fourth-order valence-electron chi connectivity index (χ4n) is 1.67. The molecule has 1 aromatic rings. The lowest BCUT2D eigenvalue weighted by atomic mass is 10.1. The molecular formula is C12H21N3O2S. The number of aromatic nitrogens is 2. The molecule has 0 radical (unpaired) electrons. The third-order valence-electron chi connectivity index (χ3n) is 2.57. The van der Waals surface area contributed by atoms with Gasteiger partial charge in [-0.1, -0.05) is 11.3 Å². The van der Waals surface area contributed by atoms with Crippen LogP contribution in [-0.4, -0.2) is 42.1 Å². The molecule has 1 aromatic heterocycles. The van der Waals surface area contributed by atoms with Gasteiger partial charge in [0.05, 0.1) is 19.8 Å². The fourth-order valence-corrected chi connectivity index (χ4v) is 2.55. The molecule has 2 rings (SSSR count). The summed E-state index contributed by atoms with van der Waals surface area (Å²) >= 11 is 1.62. The summed E-state index contributed by atoms with van der Waals surface area (Å²) in [6.07, 6.45) is 0.878. The molecule has 0 saturated carbocycles. The predicted octanol–water partition coefficient (Wildman–Crippen LogP) is 1.56. The summed E-state index contributed by atoms with van der Waals surface area (Å²) < 4.78 is 11.0. The minimum Gasteiger partial charge on any atom is -0.376 e. The van der Waals surface area contributed by atoms with Crippen molar-refractivity contribution in [3.05, 3.63) is 10.0 Å². The molecule has 1 saturated heterocycles. The molecule has 1 fully saturated rings. The van der Waals surface area contributed by atoms with E-state index in [9.17, 15) is 0 Å². The average Bonchev–Trinajstić information content (AvgIpc) is 2.77. The van der Waals surface area contributed by atoms with Crippen molar-refractivity contribution in [1.29, 1.82) is 0 Å². The summed E-state index contributed by atoms with van der Waals surface area (Å²) in [7, 11) is 0. The number of hydrogen-bond acceptors (Lipinski definition) is 6. The number of nitrogens with zero attached hydrogens (tertiary/aromatic N) is 2. The lowest BCUT2D eigenvalue weighted by Gasteiger charge is -2.20. The van der Waals surface area contributed by atoms with Crippen LogP contribution in [0.4, 0.5) is 0 Å². The first-order valence-electron chi connectivity index (χ1n) is 6.31. The Kier molecular flexibility index (Phi) is 4.66. The Morgan fingerprint density at radius 2 is 2.17 bits per heavy atom. The van der Waals surface area contributed by atoms with Crippen LogP contribution in [0.25, 0.3) is 0 Å². The molecule has 18 heavy (non-hydrogen) atoms. The molecule has 1 aliphatic heterocycles. The largest absolute Gasteiger partial charge is 0.376 e. The Morgan fingerprint density at radius 3 is 2.83 bits per heavy atom. The summed E-state index contributed by atoms with van der Waals surface area (Å²) in [5.41, 5.74) is 0.147. The Labute approximate surface area is 112 Å². The molecule has 0 aliphatic carbocycles. The van der Waals surface area contributed by atoms with E-state index < -0.39 is 0 Å². The van der Waals surface area contributed by atoms with E-state index in [-0.39, 0.29) is 11.6 Å². The van der Waals surface area contributed by atoms with E-state index in [1.54, 1.807) is 11.3 Å². The van der Waals surface area contributed by atoms with E-state index in [4.69, 9.17) is 9.47 Å². The van der Waals surface area contributed by atoms with Crippen molar-refractivity contribution in [2.24, 2.45) is 0 Å². The minimum absolute atomic E-state index is 0.0272. The van der Waals surface area contributed by atoms with Crippen molar-refractivity contribution >= 4 is 11.3 Å². The summed E-state index contributed by atoms with van der Waals surface area (Å²) in [5, 5.41) is 13.8. The lowest BCUT2D eigenvalue weighted by Crippen LogP contribution is -2.37. The van der Waals surface area contributed by atoms with Gasteiger partial charge in [0.2, 0.25) is 0 Å². The Balaban J connectivity index is 1.82. The molecule has 5 nitrogen and oxygen atoms in total. The fraction of sp³-hybridized carbons (Fsp3) is 0.833. The van der Waals surface area contributed by atoms with E-state index in [1.165, 1.54) is 0 Å². The van der Waals surface area contributed by atoms with Gasteiger partial charge >= 0.3 is 0 Å². The Morgan fingerprint density at radius 1 is 1.33 bits per heavy atom. The van der Waals surface area contributed by atoms with Crippen LogP contribution in [0.5, 0.6) is 0 Å². The van der Waals surface area contributed by atoms with Gasteiger partial charge in [0.15, 0.2) is 0 Å². The lowest BCUT2D eigenvalue weighted by molar-refractivity contribution is -0.0903. The molecule has 1 N–H and O–H groups in total. The maximum atomic E-state index is 5.60. The zero-order chi connectivity index (χ0) is 13.0. The SMILES string of the molecule is CC(C)(C)NCCc1nnc(C2COCCO2)s1. The smallest absolute Gasteiger partial charge is 0.148 e. The Bertz CT molecular complexity index is 370. The first-order chi connectivity index (χ1) is 8.54. The number of rotatable bonds is 4. The molecule has 0 amide bonds. The maximum Gasteiger partial charge on any atom is 0.148 e. The molecule has 2 heterocycles. The molecule has 1 aliphatic rings. The van der Waals surface area contributed by atoms with Crippen LogP contribution in [-0.2, 0) is 15.9 Å². The van der Waals surface area contributed by atoms with Crippen molar-refractivity contribution in [2.75, 3.05) is 26.4 Å². The van der Waals surface area contributed by atoms with Gasteiger partial charge in [-0.15, -0.1) is 10.2 Å². The molecule has 0 spiro atoms. The zero-order valence-electron chi connectivity index (χ0n) is 11.2. The van der Waals surface area contributed by atoms with Crippen LogP contribution in [0.2, 0.25) is 0 Å². The van der Waals surface area contributed by atoms with Gasteiger partial charge in [0.25, 0.3) is 0 Å². The van der Waals surface area contributed by atoms with Gasteiger partial charge in [-0.3, -0.25) is 0 Å². The summed E-state index contributed by atoms with van der Waals surface area (Å²) in [5.74, 6) is 0. The first kappa shape index (κ1) is 13.9. The van der Waals surface area contributed by atoms with E-state index in [1.807, 2.05) is 0 Å². The summed E-state index contributed by atoms with van der Waals surface area (Å²) in [6.45, 7) is 9.31. The molecule has 1 atom stereocenters. The topological polar surface area (TPSA) is 56.3 Å². The standard InChI is InChI=1S/C12H21N3O2S/c1-12(2,3)13-5-4-10-14-15-11(18-10)9-8-16-6-7-17-9/h9,13H,4-8H2,1-3H3. The predicted molar refractivity (Wildman–Crippen MR) is 70.9 cm³/mol. The zero-order valence-corrected chi connectivity index (χ0v) is 12.0. The maximum absolute atomic E-state index is 5.60. The highest BCUT2D eigenvalue weighted by molar-refractivity contribution is 7.11. The highest BCUT2D eigenvalue weighted by Crippen LogP contribution is 2.24. The minimum atomic E-state index is -0.0272. The molecule has 6 heteroatoms. The van der Waals surface area contributed by atoms with Crippen molar-refractivity contribution in [1.82, 2.24) is 15.5 Å². The monoisotopic (exact) mass is 271 g/mol. The third kappa shape index (κ3) is 4.28. The van der Waals surface area contributed by atoms with Crippen LogP contribution >= 0.6 is 11.3 Å². The molecular weight excluding hydrogens is 250 g/mol. The molecule has 0 bridgehead atoms. The van der Waals surface area contributed by atoms with Gasteiger partial charge in [-0.05, 0) is 20.8 Å². The number of hydrogen-bond donors (Lipinski definition) is 1. The second kappa shape index (κ2) is 6.06. The van der Waals surface area contributed by atoms with Crippen LogP contribution in [0.3, 0.4) is 0 Å². The van der Waals surface area contributed by atoms with Crippen molar-refractivity contribution in [2.45, 2.75) is 38.8 Å². The molecule has 102 valence electrons. The molecule has 0 aromatic carbocycles. The quantitative estimate of drug-likeness (QED) is 0.900. The van der Waals surface area contributed by atoms with E-state index in [0.717, 1.165) is 23.0 Å². The average molecular weight is 271 g/mol. The van der Waals surface area contributed by atoms with Crippen molar-refractivity contribution < 1.29 is 9.47 Å². The van der Waals surface area contributed by atoms with Crippen LogP contribution in [0, 0.1) is 0 Å². The van der Waals surface area contributed by atoms with Gasteiger partial charge < -0.3 is 14.8 Å². The highest BCUT2D eigenvalue weighted by atomic mass is 32.1. The van der Waals surface area contributed by atoms with E-state index in [0.29, 0.717) is 19.8 Å². The van der Waals surface area contributed by atoms with E-state index >= 15 is 0 Å². The normalized spacial score (nSPS) is 21.2. The summed E-state index contributed by atoms with van der Waals surface area (Å²) in [4.78, 5) is 0. The summed E-state index contributed by atoms with van der Waals surface area (Å²) in [6, 6.07) is 0. The number of ether oxygens (including phenoxy) is 2. The first-order valence-corrected chi connectivity index (χ1v) is 7.13. The van der Waals surface area contributed by atoms with Gasteiger partial charge in [-0.2, -0.15) is 0 Å². The van der Waals surface area contributed by atoms with Crippen LogP contribution in [0.1, 0.15) is 36.9 Å².